The number of aromatic nitrogens is 1. The maximum absolute atomic E-state index is 13.3. The first kappa shape index (κ1) is 18.4. The first-order valence-electron chi connectivity index (χ1n) is 11.1. The van der Waals surface area contributed by atoms with Crippen molar-refractivity contribution in [2.24, 2.45) is 5.92 Å². The smallest absolute Gasteiger partial charge is 0.263 e. The standard InChI is InChI=1S/C23H27N3O4/c27-22(25-13-18-3-4-19(14-25)30-18)20-5-6-21-16-8-15(10-26(21)23(20)28)9-24(11-16)12-17-2-1-7-29-17/h1-2,5-7,15-16,18-19H,3-4,8-14H2/t15-,16+,18-,19+/m0/s1. The summed E-state index contributed by atoms with van der Waals surface area (Å²) in [5.41, 5.74) is 1.26. The number of rotatable bonds is 3. The van der Waals surface area contributed by atoms with Crippen molar-refractivity contribution >= 4 is 5.91 Å². The number of carbonyl (C=O) groups is 1. The number of likely N-dealkylation sites (tertiary alicyclic amines) is 2. The Labute approximate surface area is 175 Å². The number of carbonyl (C=O) groups excluding carboxylic acids is 1. The fourth-order valence-electron chi connectivity index (χ4n) is 5.91. The van der Waals surface area contributed by atoms with Crippen LogP contribution in [0, 0.1) is 5.92 Å². The van der Waals surface area contributed by atoms with Crippen LogP contribution >= 0.6 is 0 Å². The molecule has 4 aliphatic heterocycles. The van der Waals surface area contributed by atoms with Crippen molar-refractivity contribution in [1.29, 1.82) is 0 Å². The number of piperidine rings is 1. The Hall–Kier alpha value is -2.38. The SMILES string of the molecule is O=C(c1ccc2n(c1=O)C[C@H]1C[C@@H]2CN(Cc2ccco2)C1)N1C[C@H]2CC[C@@H](C1)O2. The molecule has 3 saturated heterocycles. The third kappa shape index (κ3) is 3.11. The zero-order valence-corrected chi connectivity index (χ0v) is 17.0. The van der Waals surface area contributed by atoms with Gasteiger partial charge in [-0.2, -0.15) is 0 Å². The molecule has 4 aliphatic rings. The molecule has 2 aromatic rings. The molecule has 0 spiro atoms. The second-order valence-electron chi connectivity index (χ2n) is 9.33. The number of ether oxygens (including phenoxy) is 1. The third-order valence-electron chi connectivity index (χ3n) is 7.20. The van der Waals surface area contributed by atoms with E-state index in [2.05, 4.69) is 4.90 Å². The highest BCUT2D eigenvalue weighted by Gasteiger charge is 2.38. The summed E-state index contributed by atoms with van der Waals surface area (Å²) in [4.78, 5) is 30.7. The number of pyridine rings is 1. The van der Waals surface area contributed by atoms with Crippen molar-refractivity contribution in [2.75, 3.05) is 26.2 Å². The lowest BCUT2D eigenvalue weighted by Gasteiger charge is -2.42. The molecule has 0 N–H and O–H groups in total. The van der Waals surface area contributed by atoms with Crippen LogP contribution in [0.25, 0.3) is 0 Å². The quantitative estimate of drug-likeness (QED) is 0.776. The molecular formula is C23H27N3O4. The van der Waals surface area contributed by atoms with E-state index in [4.69, 9.17) is 9.15 Å². The van der Waals surface area contributed by atoms with Gasteiger partial charge in [0.1, 0.15) is 11.3 Å². The Balaban J connectivity index is 1.24. The molecule has 0 aromatic carbocycles. The highest BCUT2D eigenvalue weighted by Crippen LogP contribution is 2.36. The average molecular weight is 409 g/mol. The highest BCUT2D eigenvalue weighted by molar-refractivity contribution is 5.94. The van der Waals surface area contributed by atoms with E-state index in [0.717, 1.165) is 50.4 Å². The molecule has 0 unspecified atom stereocenters. The van der Waals surface area contributed by atoms with Crippen molar-refractivity contribution in [3.63, 3.8) is 0 Å². The minimum absolute atomic E-state index is 0.120. The molecule has 7 heteroatoms. The molecule has 4 bridgehead atoms. The molecule has 1 amide bonds. The first-order chi connectivity index (χ1) is 14.6. The number of nitrogens with zero attached hydrogens (tertiary/aromatic N) is 3. The maximum Gasteiger partial charge on any atom is 0.263 e. The number of hydrogen-bond donors (Lipinski definition) is 0. The summed E-state index contributed by atoms with van der Waals surface area (Å²) in [5.74, 6) is 1.59. The average Bonchev–Trinajstić information content (AvgIpc) is 3.37. The Kier molecular flexibility index (Phi) is 4.35. The van der Waals surface area contributed by atoms with Gasteiger partial charge in [0.2, 0.25) is 0 Å². The van der Waals surface area contributed by atoms with Crippen LogP contribution in [-0.2, 0) is 17.8 Å². The zero-order chi connectivity index (χ0) is 20.2. The largest absolute Gasteiger partial charge is 0.468 e. The molecule has 4 atom stereocenters. The van der Waals surface area contributed by atoms with E-state index in [1.807, 2.05) is 27.7 Å². The molecule has 0 aliphatic carbocycles. The van der Waals surface area contributed by atoms with Gasteiger partial charge < -0.3 is 18.6 Å². The van der Waals surface area contributed by atoms with Gasteiger partial charge in [-0.05, 0) is 49.4 Å². The molecule has 30 heavy (non-hydrogen) atoms. The van der Waals surface area contributed by atoms with Crippen LogP contribution in [0.2, 0.25) is 0 Å². The van der Waals surface area contributed by atoms with Crippen molar-refractivity contribution in [3.05, 3.63) is 57.9 Å². The normalized spacial score (nSPS) is 30.3. The van der Waals surface area contributed by atoms with Gasteiger partial charge in [0.25, 0.3) is 11.5 Å². The minimum atomic E-state index is -0.134. The van der Waals surface area contributed by atoms with E-state index in [-0.39, 0.29) is 23.7 Å². The second-order valence-corrected chi connectivity index (χ2v) is 9.33. The lowest BCUT2D eigenvalue weighted by atomic mass is 9.83. The summed E-state index contributed by atoms with van der Waals surface area (Å²) in [7, 11) is 0. The molecule has 0 saturated carbocycles. The van der Waals surface area contributed by atoms with E-state index in [1.165, 1.54) is 0 Å². The summed E-state index contributed by atoms with van der Waals surface area (Å²) in [6, 6.07) is 7.71. The first-order valence-corrected chi connectivity index (χ1v) is 11.1. The zero-order valence-electron chi connectivity index (χ0n) is 17.0. The number of furan rings is 1. The van der Waals surface area contributed by atoms with Gasteiger partial charge in [-0.15, -0.1) is 0 Å². The Morgan fingerprint density at radius 3 is 2.63 bits per heavy atom. The monoisotopic (exact) mass is 409 g/mol. The van der Waals surface area contributed by atoms with Crippen LogP contribution < -0.4 is 5.56 Å². The van der Waals surface area contributed by atoms with E-state index < -0.39 is 0 Å². The fourth-order valence-corrected chi connectivity index (χ4v) is 5.91. The molecule has 7 nitrogen and oxygen atoms in total. The van der Waals surface area contributed by atoms with E-state index >= 15 is 0 Å². The fraction of sp³-hybridized carbons (Fsp3) is 0.565. The van der Waals surface area contributed by atoms with Gasteiger partial charge in [-0.1, -0.05) is 0 Å². The van der Waals surface area contributed by atoms with Crippen molar-refractivity contribution in [1.82, 2.24) is 14.4 Å². The van der Waals surface area contributed by atoms with Crippen molar-refractivity contribution < 1.29 is 13.9 Å². The van der Waals surface area contributed by atoms with Gasteiger partial charge in [-0.3, -0.25) is 14.5 Å². The van der Waals surface area contributed by atoms with Gasteiger partial charge in [0.15, 0.2) is 0 Å². The van der Waals surface area contributed by atoms with E-state index in [9.17, 15) is 9.59 Å². The lowest BCUT2D eigenvalue weighted by molar-refractivity contribution is -0.0304. The molecule has 158 valence electrons. The lowest BCUT2D eigenvalue weighted by Crippen LogP contribution is -2.49. The Morgan fingerprint density at radius 2 is 1.87 bits per heavy atom. The van der Waals surface area contributed by atoms with Crippen LogP contribution in [0.15, 0.2) is 39.7 Å². The van der Waals surface area contributed by atoms with E-state index in [0.29, 0.717) is 37.0 Å². The molecule has 2 aromatic heterocycles. The predicted molar refractivity (Wildman–Crippen MR) is 109 cm³/mol. The summed E-state index contributed by atoms with van der Waals surface area (Å²) >= 11 is 0. The van der Waals surface area contributed by atoms with Gasteiger partial charge in [0.05, 0.1) is 25.0 Å². The Bertz CT molecular complexity index is 1000. The van der Waals surface area contributed by atoms with Crippen molar-refractivity contribution in [3.8, 4) is 0 Å². The van der Waals surface area contributed by atoms with Crippen LogP contribution in [0.3, 0.4) is 0 Å². The summed E-state index contributed by atoms with van der Waals surface area (Å²) in [5, 5.41) is 0. The topological polar surface area (TPSA) is 67.9 Å². The minimum Gasteiger partial charge on any atom is -0.468 e. The predicted octanol–water partition coefficient (Wildman–Crippen LogP) is 2.06. The molecule has 6 heterocycles. The molecule has 0 radical (unpaired) electrons. The van der Waals surface area contributed by atoms with Gasteiger partial charge >= 0.3 is 0 Å². The Morgan fingerprint density at radius 1 is 1.03 bits per heavy atom. The van der Waals surface area contributed by atoms with Crippen LogP contribution in [-0.4, -0.2) is 58.7 Å². The molecular weight excluding hydrogens is 382 g/mol. The highest BCUT2D eigenvalue weighted by atomic mass is 16.5. The summed E-state index contributed by atoms with van der Waals surface area (Å²) in [6.07, 6.45) is 5.10. The molecule has 3 fully saturated rings. The number of fused-ring (bicyclic) bond motifs is 6. The summed E-state index contributed by atoms with van der Waals surface area (Å²) < 4.78 is 13.2. The number of hydrogen-bond acceptors (Lipinski definition) is 5. The van der Waals surface area contributed by atoms with Crippen molar-refractivity contribution in [2.45, 2.75) is 50.5 Å². The van der Waals surface area contributed by atoms with Crippen LogP contribution in [0.1, 0.15) is 47.0 Å². The maximum atomic E-state index is 13.3. The number of morpholine rings is 1. The summed E-state index contributed by atoms with van der Waals surface area (Å²) in [6.45, 7) is 4.56. The van der Waals surface area contributed by atoms with Crippen LogP contribution in [0.4, 0.5) is 0 Å². The second kappa shape index (κ2) is 7.10. The van der Waals surface area contributed by atoms with Gasteiger partial charge in [-0.25, -0.2) is 0 Å². The number of amides is 1. The van der Waals surface area contributed by atoms with Crippen LogP contribution in [0.5, 0.6) is 0 Å². The van der Waals surface area contributed by atoms with E-state index in [1.54, 1.807) is 12.3 Å². The molecule has 6 rings (SSSR count). The van der Waals surface area contributed by atoms with Gasteiger partial charge in [0, 0.05) is 44.3 Å². The third-order valence-corrected chi connectivity index (χ3v) is 7.20.